The number of rotatable bonds is 7. The highest BCUT2D eigenvalue weighted by atomic mass is 32.3. The van der Waals surface area contributed by atoms with E-state index in [1.807, 2.05) is 0 Å². The predicted molar refractivity (Wildman–Crippen MR) is 75.6 cm³/mol. The zero-order chi connectivity index (χ0) is 16.3. The maximum absolute atomic E-state index is 12.8. The molecular weight excluding hydrogens is 321 g/mol. The highest BCUT2D eigenvalue weighted by Gasteiger charge is 2.27. The van der Waals surface area contributed by atoms with Gasteiger partial charge < -0.3 is 4.74 Å². The number of methoxy groups -OCH3 is 1. The average molecular weight is 339 g/mol. The molecule has 9 heteroatoms. The minimum absolute atomic E-state index is 0.0975. The lowest BCUT2D eigenvalue weighted by Crippen LogP contribution is -2.39. The summed E-state index contributed by atoms with van der Waals surface area (Å²) in [7, 11) is -7.18. The van der Waals surface area contributed by atoms with Gasteiger partial charge in [0.15, 0.2) is 0 Å². The molecule has 21 heavy (non-hydrogen) atoms. The van der Waals surface area contributed by atoms with Crippen molar-refractivity contribution in [3.8, 4) is 0 Å². The van der Waals surface area contributed by atoms with Crippen molar-refractivity contribution >= 4 is 20.2 Å². The summed E-state index contributed by atoms with van der Waals surface area (Å²) in [5.74, 6) is 0. The number of hydrogen-bond acceptors (Lipinski definition) is 5. The summed E-state index contributed by atoms with van der Waals surface area (Å²) in [6.07, 6.45) is 0. The smallest absolute Gasteiger partial charge is 0.332 e. The number of benzene rings is 1. The van der Waals surface area contributed by atoms with Crippen LogP contribution in [0.2, 0.25) is 0 Å². The lowest BCUT2D eigenvalue weighted by Gasteiger charge is -2.25. The Labute approximate surface area is 124 Å². The molecule has 6 nitrogen and oxygen atoms in total. The summed E-state index contributed by atoms with van der Waals surface area (Å²) >= 11 is 0. The van der Waals surface area contributed by atoms with Crippen LogP contribution >= 0.6 is 0 Å². The van der Waals surface area contributed by atoms with Crippen molar-refractivity contribution < 1.29 is 25.5 Å². The number of halogens is 1. The minimum Gasteiger partial charge on any atom is -0.383 e. The van der Waals surface area contributed by atoms with E-state index >= 15 is 0 Å². The minimum atomic E-state index is -4.84. The van der Waals surface area contributed by atoms with Crippen molar-refractivity contribution in [2.45, 2.75) is 29.7 Å². The first-order valence-electron chi connectivity index (χ1n) is 6.16. The number of hydrogen-bond donors (Lipinski definition) is 0. The van der Waals surface area contributed by atoms with Gasteiger partial charge in [-0.15, -0.1) is 3.89 Å². The molecule has 1 rings (SSSR count). The van der Waals surface area contributed by atoms with Gasteiger partial charge in [-0.2, -0.15) is 12.7 Å². The lowest BCUT2D eigenvalue weighted by atomic mass is 10.4. The summed E-state index contributed by atoms with van der Waals surface area (Å²) < 4.78 is 65.3. The lowest BCUT2D eigenvalue weighted by molar-refractivity contribution is 0.171. The molecule has 0 aromatic heterocycles. The van der Waals surface area contributed by atoms with Crippen molar-refractivity contribution in [3.63, 3.8) is 0 Å². The highest BCUT2D eigenvalue weighted by molar-refractivity contribution is 7.89. The van der Waals surface area contributed by atoms with Gasteiger partial charge in [-0.25, -0.2) is 8.42 Å². The van der Waals surface area contributed by atoms with Crippen LogP contribution in [-0.2, 0) is 25.0 Å². The number of ether oxygens (including phenoxy) is 1. The Morgan fingerprint density at radius 2 is 1.57 bits per heavy atom. The van der Waals surface area contributed by atoms with Gasteiger partial charge in [0.25, 0.3) is 0 Å². The molecule has 0 amide bonds. The van der Waals surface area contributed by atoms with E-state index in [1.165, 1.54) is 11.4 Å². The molecule has 0 saturated carbocycles. The fraction of sp³-hybridized carbons (Fsp3) is 0.500. The van der Waals surface area contributed by atoms with E-state index < -0.39 is 25.1 Å². The Bertz CT molecular complexity index is 668. The molecule has 120 valence electrons. The molecule has 0 aliphatic heterocycles. The maximum atomic E-state index is 12.8. The summed E-state index contributed by atoms with van der Waals surface area (Å²) in [4.78, 5) is -0.672. The highest BCUT2D eigenvalue weighted by Crippen LogP contribution is 2.21. The predicted octanol–water partition coefficient (Wildman–Crippen LogP) is 1.39. The van der Waals surface area contributed by atoms with Gasteiger partial charge in [0.05, 0.1) is 16.4 Å². The normalized spacial score (nSPS) is 13.0. The fourth-order valence-corrected chi connectivity index (χ4v) is 3.83. The Morgan fingerprint density at radius 1 is 1.10 bits per heavy atom. The van der Waals surface area contributed by atoms with Crippen LogP contribution in [0.4, 0.5) is 3.89 Å². The van der Waals surface area contributed by atoms with Crippen LogP contribution in [0.3, 0.4) is 0 Å². The van der Waals surface area contributed by atoms with Gasteiger partial charge in [-0.05, 0) is 38.1 Å². The van der Waals surface area contributed by atoms with Crippen molar-refractivity contribution in [3.05, 3.63) is 24.3 Å². The van der Waals surface area contributed by atoms with Gasteiger partial charge in [0, 0.05) is 19.7 Å². The Balaban J connectivity index is 3.16. The van der Waals surface area contributed by atoms with E-state index in [1.54, 1.807) is 13.8 Å². The molecule has 0 spiro atoms. The fourth-order valence-electron chi connectivity index (χ4n) is 1.75. The van der Waals surface area contributed by atoms with E-state index in [2.05, 4.69) is 0 Å². The number of nitrogens with zero attached hydrogens (tertiary/aromatic N) is 1. The quantitative estimate of drug-likeness (QED) is 0.701. The van der Waals surface area contributed by atoms with Gasteiger partial charge in [-0.3, -0.25) is 0 Å². The molecule has 0 aliphatic carbocycles. The van der Waals surface area contributed by atoms with Crippen molar-refractivity contribution in [2.24, 2.45) is 0 Å². The second-order valence-corrected chi connectivity index (χ2v) is 7.85. The topological polar surface area (TPSA) is 80.8 Å². The van der Waals surface area contributed by atoms with Gasteiger partial charge in [0.1, 0.15) is 0 Å². The van der Waals surface area contributed by atoms with Crippen LogP contribution in [0.15, 0.2) is 34.1 Å². The van der Waals surface area contributed by atoms with Crippen LogP contribution in [0.1, 0.15) is 13.8 Å². The molecule has 0 heterocycles. The molecule has 0 atom stereocenters. The second-order valence-electron chi connectivity index (χ2n) is 4.61. The van der Waals surface area contributed by atoms with Gasteiger partial charge in [-0.1, -0.05) is 0 Å². The average Bonchev–Trinajstić information content (AvgIpc) is 2.37. The standard InChI is InChI=1S/C12H18FNO5S2/c1-10(2)14(8-9-19-3)21(17,18)12-6-4-11(5-7-12)20(13,15)16/h4-7,10H,8-9H2,1-3H3. The Hall–Kier alpha value is -1.03. The summed E-state index contributed by atoms with van der Waals surface area (Å²) in [5.41, 5.74) is 0. The van der Waals surface area contributed by atoms with E-state index in [4.69, 9.17) is 4.74 Å². The van der Waals surface area contributed by atoms with Crippen LogP contribution in [0, 0.1) is 0 Å². The molecule has 0 fully saturated rings. The van der Waals surface area contributed by atoms with Crippen molar-refractivity contribution in [1.82, 2.24) is 4.31 Å². The molecule has 0 radical (unpaired) electrons. The van der Waals surface area contributed by atoms with Crippen LogP contribution in [0.25, 0.3) is 0 Å². The van der Waals surface area contributed by atoms with E-state index in [0.717, 1.165) is 24.3 Å². The van der Waals surface area contributed by atoms with E-state index in [9.17, 15) is 20.7 Å². The van der Waals surface area contributed by atoms with Crippen molar-refractivity contribution in [2.75, 3.05) is 20.3 Å². The molecule has 1 aromatic carbocycles. The first-order valence-corrected chi connectivity index (χ1v) is 8.98. The van der Waals surface area contributed by atoms with Gasteiger partial charge >= 0.3 is 10.2 Å². The van der Waals surface area contributed by atoms with Crippen LogP contribution < -0.4 is 0 Å². The monoisotopic (exact) mass is 339 g/mol. The first-order chi connectivity index (χ1) is 9.60. The third kappa shape index (κ3) is 4.47. The number of sulfonamides is 1. The summed E-state index contributed by atoms with van der Waals surface area (Å²) in [6.45, 7) is 3.83. The first kappa shape index (κ1) is 18.0. The largest absolute Gasteiger partial charge is 0.383 e. The third-order valence-electron chi connectivity index (χ3n) is 2.80. The third-order valence-corrected chi connectivity index (χ3v) is 5.73. The van der Waals surface area contributed by atoms with E-state index in [0.29, 0.717) is 0 Å². The van der Waals surface area contributed by atoms with Gasteiger partial charge in [0.2, 0.25) is 10.0 Å². The maximum Gasteiger partial charge on any atom is 0.332 e. The molecule has 0 aliphatic rings. The molecule has 1 aromatic rings. The van der Waals surface area contributed by atoms with E-state index in [-0.39, 0.29) is 24.1 Å². The summed E-state index contributed by atoms with van der Waals surface area (Å²) in [5, 5.41) is 0. The second kappa shape index (κ2) is 6.82. The van der Waals surface area contributed by atoms with Crippen molar-refractivity contribution in [1.29, 1.82) is 0 Å². The molecule has 0 saturated heterocycles. The van der Waals surface area contributed by atoms with Crippen LogP contribution in [-0.4, -0.2) is 47.4 Å². The summed E-state index contributed by atoms with van der Waals surface area (Å²) in [6, 6.07) is 3.71. The Morgan fingerprint density at radius 3 is 1.95 bits per heavy atom. The Kier molecular flexibility index (Phi) is 5.85. The zero-order valence-corrected chi connectivity index (χ0v) is 13.6. The SMILES string of the molecule is COCCN(C(C)C)S(=O)(=O)c1ccc(S(=O)(=O)F)cc1. The molecular formula is C12H18FNO5S2. The molecule has 0 N–H and O–H groups in total. The molecule has 0 bridgehead atoms. The molecule has 0 unspecified atom stereocenters. The van der Waals surface area contributed by atoms with Crippen LogP contribution in [0.5, 0.6) is 0 Å². The zero-order valence-electron chi connectivity index (χ0n) is 12.0.